The van der Waals surface area contributed by atoms with Crippen molar-refractivity contribution in [2.24, 2.45) is 0 Å². The third-order valence-corrected chi connectivity index (χ3v) is 3.00. The predicted molar refractivity (Wildman–Crippen MR) is 74.5 cm³/mol. The number of nitrogens with two attached hydrogens (primary N) is 1. The molecule has 0 saturated carbocycles. The maximum absolute atomic E-state index is 11.1. The van der Waals surface area contributed by atoms with E-state index in [1.54, 1.807) is 19.2 Å². The van der Waals surface area contributed by atoms with E-state index in [-0.39, 0.29) is 5.56 Å². The highest BCUT2D eigenvalue weighted by Gasteiger charge is 2.12. The summed E-state index contributed by atoms with van der Waals surface area (Å²) in [5, 5.41) is 9.08. The maximum atomic E-state index is 11.1. The van der Waals surface area contributed by atoms with Crippen LogP contribution in [0.25, 0.3) is 11.1 Å². The van der Waals surface area contributed by atoms with Crippen LogP contribution in [-0.4, -0.2) is 18.2 Å². The minimum atomic E-state index is -0.967. The number of aryl methyl sites for hydroxylation is 1. The zero-order valence-electron chi connectivity index (χ0n) is 10.8. The Labute approximate surface area is 111 Å². The van der Waals surface area contributed by atoms with Gasteiger partial charge in [0.15, 0.2) is 0 Å². The van der Waals surface area contributed by atoms with Crippen LogP contribution >= 0.6 is 0 Å². The van der Waals surface area contributed by atoms with Crippen LogP contribution in [0.15, 0.2) is 36.4 Å². The lowest BCUT2D eigenvalue weighted by Gasteiger charge is -2.12. The van der Waals surface area contributed by atoms with Crippen LogP contribution in [0.4, 0.5) is 5.69 Å². The van der Waals surface area contributed by atoms with Crippen molar-refractivity contribution in [1.29, 1.82) is 0 Å². The molecule has 98 valence electrons. The predicted octanol–water partition coefficient (Wildman–Crippen LogP) is 2.95. The molecule has 19 heavy (non-hydrogen) atoms. The average Bonchev–Trinajstić information content (AvgIpc) is 2.40. The first-order valence-electron chi connectivity index (χ1n) is 5.80. The quantitative estimate of drug-likeness (QED) is 0.829. The molecule has 2 rings (SSSR count). The second kappa shape index (κ2) is 5.02. The van der Waals surface area contributed by atoms with Crippen molar-refractivity contribution in [3.05, 3.63) is 47.5 Å². The van der Waals surface area contributed by atoms with Gasteiger partial charge in [-0.25, -0.2) is 4.79 Å². The van der Waals surface area contributed by atoms with E-state index in [1.165, 1.54) is 6.07 Å². The first-order chi connectivity index (χ1) is 9.02. The third kappa shape index (κ3) is 2.52. The fourth-order valence-electron chi connectivity index (χ4n) is 1.98. The molecule has 0 fully saturated rings. The van der Waals surface area contributed by atoms with Crippen molar-refractivity contribution in [1.82, 2.24) is 0 Å². The smallest absolute Gasteiger partial charge is 0.335 e. The molecule has 0 aliphatic heterocycles. The second-order valence-corrected chi connectivity index (χ2v) is 4.29. The van der Waals surface area contributed by atoms with Crippen LogP contribution in [0, 0.1) is 6.92 Å². The highest BCUT2D eigenvalue weighted by molar-refractivity contribution is 5.91. The first-order valence-corrected chi connectivity index (χ1v) is 5.80. The van der Waals surface area contributed by atoms with Gasteiger partial charge in [0.05, 0.1) is 12.7 Å². The van der Waals surface area contributed by atoms with E-state index in [9.17, 15) is 4.79 Å². The van der Waals surface area contributed by atoms with Crippen molar-refractivity contribution in [2.75, 3.05) is 12.8 Å². The number of nitrogen functional groups attached to an aromatic ring is 1. The molecule has 0 radical (unpaired) electrons. The van der Waals surface area contributed by atoms with Gasteiger partial charge in [0.2, 0.25) is 0 Å². The van der Waals surface area contributed by atoms with Gasteiger partial charge in [-0.1, -0.05) is 6.07 Å². The van der Waals surface area contributed by atoms with Gasteiger partial charge in [-0.3, -0.25) is 0 Å². The SMILES string of the molecule is COc1ccc(C(=O)O)cc1-c1cc(N)ccc1C. The number of carboxylic acids is 1. The number of hydrogen-bond donors (Lipinski definition) is 2. The fourth-order valence-corrected chi connectivity index (χ4v) is 1.98. The number of anilines is 1. The van der Waals surface area contributed by atoms with Gasteiger partial charge in [0, 0.05) is 11.3 Å². The Morgan fingerprint density at radius 3 is 2.53 bits per heavy atom. The molecule has 0 aliphatic carbocycles. The van der Waals surface area contributed by atoms with E-state index in [0.29, 0.717) is 11.4 Å². The van der Waals surface area contributed by atoms with E-state index >= 15 is 0 Å². The first kappa shape index (κ1) is 13.0. The Hall–Kier alpha value is -2.49. The summed E-state index contributed by atoms with van der Waals surface area (Å²) in [6.07, 6.45) is 0. The topological polar surface area (TPSA) is 72.5 Å². The molecule has 0 aromatic heterocycles. The molecule has 0 amide bonds. The lowest BCUT2D eigenvalue weighted by atomic mass is 9.97. The Morgan fingerprint density at radius 2 is 1.89 bits per heavy atom. The van der Waals surface area contributed by atoms with Crippen LogP contribution in [0.1, 0.15) is 15.9 Å². The summed E-state index contributed by atoms with van der Waals surface area (Å²) in [5.74, 6) is -0.343. The number of aromatic carboxylic acids is 1. The molecular formula is C15H15NO3. The van der Waals surface area contributed by atoms with Crippen LogP contribution in [-0.2, 0) is 0 Å². The molecule has 0 aliphatic rings. The van der Waals surface area contributed by atoms with Gasteiger partial charge in [-0.15, -0.1) is 0 Å². The van der Waals surface area contributed by atoms with Gasteiger partial charge in [-0.2, -0.15) is 0 Å². The monoisotopic (exact) mass is 257 g/mol. The summed E-state index contributed by atoms with van der Waals surface area (Å²) in [5.41, 5.74) is 9.26. The standard InChI is InChI=1S/C15H15NO3/c1-9-3-5-11(16)8-12(9)13-7-10(15(17)18)4-6-14(13)19-2/h3-8H,16H2,1-2H3,(H,17,18). The van der Waals surface area contributed by atoms with E-state index < -0.39 is 5.97 Å². The molecule has 0 saturated heterocycles. The summed E-state index contributed by atoms with van der Waals surface area (Å²) < 4.78 is 5.30. The summed E-state index contributed by atoms with van der Waals surface area (Å²) in [4.78, 5) is 11.1. The summed E-state index contributed by atoms with van der Waals surface area (Å²) in [6, 6.07) is 10.3. The number of benzene rings is 2. The third-order valence-electron chi connectivity index (χ3n) is 3.00. The van der Waals surface area contributed by atoms with E-state index in [0.717, 1.165) is 16.7 Å². The number of carbonyl (C=O) groups is 1. The molecule has 2 aromatic carbocycles. The van der Waals surface area contributed by atoms with Crippen LogP contribution in [0.5, 0.6) is 5.75 Å². The number of carboxylic acid groups (broad SMARTS) is 1. The summed E-state index contributed by atoms with van der Waals surface area (Å²) >= 11 is 0. The summed E-state index contributed by atoms with van der Waals surface area (Å²) in [7, 11) is 1.56. The average molecular weight is 257 g/mol. The van der Waals surface area contributed by atoms with Crippen molar-refractivity contribution in [2.45, 2.75) is 6.92 Å². The van der Waals surface area contributed by atoms with Gasteiger partial charge in [0.1, 0.15) is 5.75 Å². The van der Waals surface area contributed by atoms with Gasteiger partial charge >= 0.3 is 5.97 Å². The van der Waals surface area contributed by atoms with Crippen LogP contribution in [0.2, 0.25) is 0 Å². The molecule has 0 bridgehead atoms. The van der Waals surface area contributed by atoms with Gasteiger partial charge in [-0.05, 0) is 48.4 Å². The second-order valence-electron chi connectivity index (χ2n) is 4.29. The van der Waals surface area contributed by atoms with Gasteiger partial charge < -0.3 is 15.6 Å². The number of methoxy groups -OCH3 is 1. The lowest BCUT2D eigenvalue weighted by Crippen LogP contribution is -1.99. The molecule has 0 unspecified atom stereocenters. The van der Waals surface area contributed by atoms with Crippen LogP contribution in [0.3, 0.4) is 0 Å². The number of rotatable bonds is 3. The van der Waals surface area contributed by atoms with Crippen molar-refractivity contribution in [3.8, 4) is 16.9 Å². The zero-order valence-corrected chi connectivity index (χ0v) is 10.8. The molecule has 4 nitrogen and oxygen atoms in total. The Morgan fingerprint density at radius 1 is 1.16 bits per heavy atom. The molecule has 0 spiro atoms. The zero-order chi connectivity index (χ0) is 14.0. The number of hydrogen-bond acceptors (Lipinski definition) is 3. The molecule has 2 aromatic rings. The molecular weight excluding hydrogens is 242 g/mol. The Bertz CT molecular complexity index is 635. The Kier molecular flexibility index (Phi) is 3.42. The fraction of sp³-hybridized carbons (Fsp3) is 0.133. The highest BCUT2D eigenvalue weighted by Crippen LogP contribution is 2.34. The molecule has 0 atom stereocenters. The molecule has 4 heteroatoms. The molecule has 0 heterocycles. The number of ether oxygens (including phenoxy) is 1. The van der Waals surface area contributed by atoms with Crippen molar-refractivity contribution in [3.63, 3.8) is 0 Å². The van der Waals surface area contributed by atoms with Gasteiger partial charge in [0.25, 0.3) is 0 Å². The summed E-state index contributed by atoms with van der Waals surface area (Å²) in [6.45, 7) is 1.95. The lowest BCUT2D eigenvalue weighted by molar-refractivity contribution is 0.0697. The maximum Gasteiger partial charge on any atom is 0.335 e. The van der Waals surface area contributed by atoms with E-state index in [4.69, 9.17) is 15.6 Å². The largest absolute Gasteiger partial charge is 0.496 e. The minimum absolute atomic E-state index is 0.220. The molecule has 3 N–H and O–H groups in total. The van der Waals surface area contributed by atoms with Crippen molar-refractivity contribution >= 4 is 11.7 Å². The van der Waals surface area contributed by atoms with E-state index in [2.05, 4.69) is 0 Å². The van der Waals surface area contributed by atoms with Crippen LogP contribution < -0.4 is 10.5 Å². The normalized spacial score (nSPS) is 10.2. The van der Waals surface area contributed by atoms with E-state index in [1.807, 2.05) is 25.1 Å². The Balaban J connectivity index is 2.68. The highest BCUT2D eigenvalue weighted by atomic mass is 16.5. The van der Waals surface area contributed by atoms with Crippen molar-refractivity contribution < 1.29 is 14.6 Å². The minimum Gasteiger partial charge on any atom is -0.496 e.